The van der Waals surface area contributed by atoms with Crippen molar-refractivity contribution in [1.29, 1.82) is 0 Å². The van der Waals surface area contributed by atoms with Crippen LogP contribution in [0.2, 0.25) is 0 Å². The van der Waals surface area contributed by atoms with Crippen LogP contribution >= 0.6 is 0 Å². The third-order valence-corrected chi connectivity index (χ3v) is 5.28. The fourth-order valence-electron chi connectivity index (χ4n) is 4.16. The molecule has 0 aliphatic carbocycles. The Morgan fingerprint density at radius 2 is 1.79 bits per heavy atom. The first-order valence-electron chi connectivity index (χ1n) is 8.65. The minimum Gasteiger partial charge on any atom is -0.493 e. The number of hydrogen-bond acceptors (Lipinski definition) is 4. The molecule has 5 heteroatoms. The van der Waals surface area contributed by atoms with Gasteiger partial charge in [-0.15, -0.1) is 0 Å². The van der Waals surface area contributed by atoms with E-state index < -0.39 is 0 Å². The van der Waals surface area contributed by atoms with Gasteiger partial charge in [0.1, 0.15) is 5.69 Å². The largest absolute Gasteiger partial charge is 0.493 e. The van der Waals surface area contributed by atoms with E-state index in [9.17, 15) is 5.11 Å². The van der Waals surface area contributed by atoms with Crippen LogP contribution in [-0.2, 0) is 12.8 Å². The molecule has 0 saturated heterocycles. The van der Waals surface area contributed by atoms with E-state index in [1.54, 1.807) is 17.5 Å². The number of rotatable bonds is 1. The monoisotopic (exact) mass is 320 g/mol. The molecule has 5 nitrogen and oxygen atoms in total. The summed E-state index contributed by atoms with van der Waals surface area (Å²) in [5, 5.41) is 10.2. The second-order valence-corrected chi connectivity index (χ2v) is 6.86. The standard InChI is InChI=1S/C19H20N4O/c1-12-19(24)23-11-16(20-10-17(23)21-12)15-8-13-4-2-6-22-7-3-5-14(9-15)18(13)22/h8-11,24H,2-7H2,1H3. The van der Waals surface area contributed by atoms with Crippen LogP contribution < -0.4 is 4.90 Å². The van der Waals surface area contributed by atoms with Crippen molar-refractivity contribution in [2.75, 3.05) is 18.0 Å². The molecular weight excluding hydrogens is 300 g/mol. The average Bonchev–Trinajstić information content (AvgIpc) is 2.89. The first-order valence-corrected chi connectivity index (χ1v) is 8.65. The maximum atomic E-state index is 10.2. The molecule has 1 N–H and O–H groups in total. The van der Waals surface area contributed by atoms with Gasteiger partial charge in [0.05, 0.1) is 11.9 Å². The predicted molar refractivity (Wildman–Crippen MR) is 93.7 cm³/mol. The van der Waals surface area contributed by atoms with E-state index in [-0.39, 0.29) is 5.88 Å². The molecule has 0 radical (unpaired) electrons. The van der Waals surface area contributed by atoms with Crippen molar-refractivity contribution in [2.45, 2.75) is 32.6 Å². The molecule has 0 fully saturated rings. The Morgan fingerprint density at radius 1 is 1.08 bits per heavy atom. The lowest BCUT2D eigenvalue weighted by Crippen LogP contribution is -2.34. The summed E-state index contributed by atoms with van der Waals surface area (Å²) in [7, 11) is 0. The van der Waals surface area contributed by atoms with Gasteiger partial charge in [-0.2, -0.15) is 0 Å². The van der Waals surface area contributed by atoms with Gasteiger partial charge in [-0.05, 0) is 55.9 Å². The highest BCUT2D eigenvalue weighted by atomic mass is 16.3. The normalized spacial score (nSPS) is 16.5. The van der Waals surface area contributed by atoms with E-state index >= 15 is 0 Å². The van der Waals surface area contributed by atoms with Crippen molar-refractivity contribution < 1.29 is 5.11 Å². The van der Waals surface area contributed by atoms with Crippen molar-refractivity contribution in [3.05, 3.63) is 41.3 Å². The summed E-state index contributed by atoms with van der Waals surface area (Å²) in [4.78, 5) is 11.4. The molecule has 0 atom stereocenters. The SMILES string of the molecule is Cc1nc2cnc(-c3cc4c5c(c3)CCCN5CCC4)cn2c1O. The number of aryl methyl sites for hydroxylation is 3. The second kappa shape index (κ2) is 4.97. The van der Waals surface area contributed by atoms with E-state index in [1.165, 1.54) is 42.7 Å². The smallest absolute Gasteiger partial charge is 0.219 e. The Labute approximate surface area is 140 Å². The van der Waals surface area contributed by atoms with Crippen LogP contribution in [0, 0.1) is 6.92 Å². The zero-order valence-electron chi connectivity index (χ0n) is 13.8. The van der Waals surface area contributed by atoms with Gasteiger partial charge in [0.15, 0.2) is 5.65 Å². The third kappa shape index (κ3) is 1.94. The first-order chi connectivity index (χ1) is 11.7. The minimum atomic E-state index is 0.194. The number of imidazole rings is 1. The zero-order chi connectivity index (χ0) is 16.3. The van der Waals surface area contributed by atoms with Crippen molar-refractivity contribution in [3.63, 3.8) is 0 Å². The number of aromatic hydroxyl groups is 1. The molecule has 0 spiro atoms. The molecule has 0 amide bonds. The Balaban J connectivity index is 1.68. The number of nitrogens with zero attached hydrogens (tertiary/aromatic N) is 4. The van der Waals surface area contributed by atoms with Crippen LogP contribution in [0.15, 0.2) is 24.5 Å². The van der Waals surface area contributed by atoms with Gasteiger partial charge in [0.25, 0.3) is 0 Å². The lowest BCUT2D eigenvalue weighted by atomic mass is 9.89. The van der Waals surface area contributed by atoms with Crippen molar-refractivity contribution in [3.8, 4) is 17.1 Å². The molecule has 0 unspecified atom stereocenters. The number of hydrogen-bond donors (Lipinski definition) is 1. The lowest BCUT2D eigenvalue weighted by molar-refractivity contribution is 0.444. The maximum Gasteiger partial charge on any atom is 0.219 e. The maximum absolute atomic E-state index is 10.2. The van der Waals surface area contributed by atoms with Gasteiger partial charge >= 0.3 is 0 Å². The van der Waals surface area contributed by atoms with Gasteiger partial charge in [0.2, 0.25) is 5.88 Å². The quantitative estimate of drug-likeness (QED) is 0.748. The summed E-state index contributed by atoms with van der Waals surface area (Å²) in [6, 6.07) is 4.57. The van der Waals surface area contributed by atoms with E-state index in [1.807, 2.05) is 6.20 Å². The fourth-order valence-corrected chi connectivity index (χ4v) is 4.16. The van der Waals surface area contributed by atoms with Crippen molar-refractivity contribution in [1.82, 2.24) is 14.4 Å². The van der Waals surface area contributed by atoms with Crippen LogP contribution in [-0.4, -0.2) is 32.6 Å². The summed E-state index contributed by atoms with van der Waals surface area (Å²) in [5.74, 6) is 0.194. The molecule has 2 aromatic heterocycles. The van der Waals surface area contributed by atoms with Gasteiger partial charge in [-0.25, -0.2) is 4.98 Å². The van der Waals surface area contributed by atoms with Crippen LogP contribution in [0.3, 0.4) is 0 Å². The van der Waals surface area contributed by atoms with Gasteiger partial charge < -0.3 is 10.0 Å². The molecule has 24 heavy (non-hydrogen) atoms. The Kier molecular flexibility index (Phi) is 2.86. The average molecular weight is 320 g/mol. The summed E-state index contributed by atoms with van der Waals surface area (Å²) in [6.07, 6.45) is 8.37. The Bertz CT molecular complexity index is 928. The number of benzene rings is 1. The molecule has 4 heterocycles. The highest BCUT2D eigenvalue weighted by Gasteiger charge is 2.24. The number of aromatic nitrogens is 3. The lowest BCUT2D eigenvalue weighted by Gasteiger charge is -2.37. The third-order valence-electron chi connectivity index (χ3n) is 5.28. The highest BCUT2D eigenvalue weighted by Crippen LogP contribution is 2.38. The van der Waals surface area contributed by atoms with Crippen LogP contribution in [0.4, 0.5) is 5.69 Å². The molecule has 5 rings (SSSR count). The van der Waals surface area contributed by atoms with Crippen molar-refractivity contribution >= 4 is 11.3 Å². The van der Waals surface area contributed by atoms with Gasteiger partial charge in [-0.3, -0.25) is 9.38 Å². The van der Waals surface area contributed by atoms with Crippen LogP contribution in [0.25, 0.3) is 16.9 Å². The van der Waals surface area contributed by atoms with E-state index in [2.05, 4.69) is 27.0 Å². The summed E-state index contributed by atoms with van der Waals surface area (Å²) in [5.41, 5.74) is 7.70. The van der Waals surface area contributed by atoms with Gasteiger partial charge in [0, 0.05) is 30.5 Å². The van der Waals surface area contributed by atoms with Crippen LogP contribution in [0.5, 0.6) is 5.88 Å². The fraction of sp³-hybridized carbons (Fsp3) is 0.368. The highest BCUT2D eigenvalue weighted by molar-refractivity contribution is 5.72. The summed E-state index contributed by atoms with van der Waals surface area (Å²) in [6.45, 7) is 4.18. The van der Waals surface area contributed by atoms with Gasteiger partial charge in [-0.1, -0.05) is 0 Å². The molecule has 2 aliphatic rings. The predicted octanol–water partition coefficient (Wildman–Crippen LogP) is 3.11. The molecule has 0 saturated carbocycles. The Morgan fingerprint density at radius 3 is 2.50 bits per heavy atom. The minimum absolute atomic E-state index is 0.194. The van der Waals surface area contributed by atoms with Crippen LogP contribution in [0.1, 0.15) is 29.7 Å². The second-order valence-electron chi connectivity index (χ2n) is 6.86. The molecule has 1 aromatic carbocycles. The molecule has 122 valence electrons. The zero-order valence-corrected chi connectivity index (χ0v) is 13.8. The number of fused-ring (bicyclic) bond motifs is 1. The molecule has 2 aliphatic heterocycles. The summed E-state index contributed by atoms with van der Waals surface area (Å²) >= 11 is 0. The Hall–Kier alpha value is -2.56. The van der Waals surface area contributed by atoms with E-state index in [0.29, 0.717) is 11.3 Å². The van der Waals surface area contributed by atoms with E-state index in [4.69, 9.17) is 0 Å². The first kappa shape index (κ1) is 13.8. The number of anilines is 1. The van der Waals surface area contributed by atoms with E-state index in [0.717, 1.165) is 24.1 Å². The van der Waals surface area contributed by atoms with Crippen molar-refractivity contribution in [2.24, 2.45) is 0 Å². The summed E-state index contributed by atoms with van der Waals surface area (Å²) < 4.78 is 1.72. The molecular formula is C19H20N4O. The molecule has 3 aromatic rings. The molecule has 0 bridgehead atoms. The topological polar surface area (TPSA) is 53.7 Å².